The monoisotopic (exact) mass is 398 g/mol. The Morgan fingerprint density at radius 2 is 1.69 bits per heavy atom. The zero-order valence-corrected chi connectivity index (χ0v) is 17.6. The van der Waals surface area contributed by atoms with Gasteiger partial charge in [0.05, 0.1) is 20.6 Å². The maximum absolute atomic E-state index is 13.2. The molecule has 6 heteroatoms. The first-order valence-electron chi connectivity index (χ1n) is 9.82. The molecule has 0 saturated carbocycles. The van der Waals surface area contributed by atoms with E-state index in [2.05, 4.69) is 5.32 Å². The second-order valence-corrected chi connectivity index (χ2v) is 6.84. The minimum absolute atomic E-state index is 0.125. The van der Waals surface area contributed by atoms with Crippen molar-refractivity contribution in [1.82, 2.24) is 10.2 Å². The fourth-order valence-corrected chi connectivity index (χ4v) is 3.03. The van der Waals surface area contributed by atoms with Crippen molar-refractivity contribution in [1.29, 1.82) is 0 Å². The third-order valence-corrected chi connectivity index (χ3v) is 4.72. The quantitative estimate of drug-likeness (QED) is 0.667. The summed E-state index contributed by atoms with van der Waals surface area (Å²) < 4.78 is 10.6. The van der Waals surface area contributed by atoms with Crippen LogP contribution in [0.1, 0.15) is 31.4 Å². The first-order chi connectivity index (χ1) is 14.0. The molecule has 29 heavy (non-hydrogen) atoms. The van der Waals surface area contributed by atoms with Crippen LogP contribution in [0.25, 0.3) is 0 Å². The van der Waals surface area contributed by atoms with E-state index in [1.165, 1.54) is 0 Å². The van der Waals surface area contributed by atoms with Crippen molar-refractivity contribution in [3.05, 3.63) is 59.7 Å². The van der Waals surface area contributed by atoms with E-state index < -0.39 is 6.04 Å². The second kappa shape index (κ2) is 11.1. The lowest BCUT2D eigenvalue weighted by atomic mass is 10.1. The topological polar surface area (TPSA) is 67.9 Å². The lowest BCUT2D eigenvalue weighted by molar-refractivity contribution is -0.140. The van der Waals surface area contributed by atoms with Gasteiger partial charge in [0, 0.05) is 13.1 Å². The van der Waals surface area contributed by atoms with Crippen LogP contribution in [0.5, 0.6) is 11.5 Å². The van der Waals surface area contributed by atoms with Crippen LogP contribution in [0.2, 0.25) is 0 Å². The van der Waals surface area contributed by atoms with Crippen LogP contribution >= 0.6 is 0 Å². The summed E-state index contributed by atoms with van der Waals surface area (Å²) in [6.45, 7) is 4.72. The molecule has 6 nitrogen and oxygen atoms in total. The van der Waals surface area contributed by atoms with Crippen molar-refractivity contribution >= 4 is 11.8 Å². The molecular formula is C23H30N2O4. The van der Waals surface area contributed by atoms with E-state index in [0.717, 1.165) is 17.5 Å². The Hall–Kier alpha value is -3.02. The lowest BCUT2D eigenvalue weighted by Crippen LogP contribution is -2.48. The molecule has 156 valence electrons. The molecule has 0 aliphatic carbocycles. The number of amides is 2. The van der Waals surface area contributed by atoms with Crippen molar-refractivity contribution in [3.8, 4) is 11.5 Å². The summed E-state index contributed by atoms with van der Waals surface area (Å²) in [4.78, 5) is 27.3. The predicted octanol–water partition coefficient (Wildman–Crippen LogP) is 3.19. The highest BCUT2D eigenvalue weighted by molar-refractivity contribution is 5.88. The van der Waals surface area contributed by atoms with Gasteiger partial charge in [0.25, 0.3) is 0 Å². The van der Waals surface area contributed by atoms with Crippen molar-refractivity contribution in [3.63, 3.8) is 0 Å². The number of ether oxygens (including phenoxy) is 2. The zero-order chi connectivity index (χ0) is 21.2. The molecule has 0 heterocycles. The van der Waals surface area contributed by atoms with Gasteiger partial charge >= 0.3 is 0 Å². The van der Waals surface area contributed by atoms with E-state index >= 15 is 0 Å². The molecule has 1 unspecified atom stereocenters. The van der Waals surface area contributed by atoms with Crippen LogP contribution in [0.15, 0.2) is 48.5 Å². The van der Waals surface area contributed by atoms with Crippen LogP contribution in [0.4, 0.5) is 0 Å². The van der Waals surface area contributed by atoms with Gasteiger partial charge in [-0.05, 0) is 36.6 Å². The van der Waals surface area contributed by atoms with Crippen LogP contribution in [0, 0.1) is 0 Å². The van der Waals surface area contributed by atoms with E-state index in [1.807, 2.05) is 43.3 Å². The Bertz CT molecular complexity index is 808. The highest BCUT2D eigenvalue weighted by atomic mass is 16.5. The molecule has 0 saturated heterocycles. The van der Waals surface area contributed by atoms with Crippen LogP contribution in [-0.4, -0.2) is 43.5 Å². The second-order valence-electron chi connectivity index (χ2n) is 6.84. The number of nitrogens with one attached hydrogen (secondary N) is 1. The van der Waals surface area contributed by atoms with Crippen molar-refractivity contribution in [2.45, 2.75) is 39.3 Å². The molecule has 0 radical (unpaired) electrons. The van der Waals surface area contributed by atoms with Crippen molar-refractivity contribution in [2.75, 3.05) is 20.8 Å². The molecule has 0 aliphatic rings. The molecule has 2 aromatic carbocycles. The fourth-order valence-electron chi connectivity index (χ4n) is 3.03. The summed E-state index contributed by atoms with van der Waals surface area (Å²) in [7, 11) is 3.13. The number of carbonyl (C=O) groups excluding carboxylic acids is 2. The number of hydrogen-bond acceptors (Lipinski definition) is 4. The molecule has 0 aliphatic heterocycles. The van der Waals surface area contributed by atoms with Crippen LogP contribution in [-0.2, 0) is 22.6 Å². The van der Waals surface area contributed by atoms with Gasteiger partial charge in [-0.1, -0.05) is 43.3 Å². The van der Waals surface area contributed by atoms with Gasteiger partial charge in [0.2, 0.25) is 11.8 Å². The normalized spacial score (nSPS) is 11.4. The average Bonchev–Trinajstić information content (AvgIpc) is 2.75. The smallest absolute Gasteiger partial charge is 0.242 e. The number of hydrogen-bond donors (Lipinski definition) is 1. The summed E-state index contributed by atoms with van der Waals surface area (Å²) in [5, 5.41) is 2.88. The van der Waals surface area contributed by atoms with E-state index in [0.29, 0.717) is 24.6 Å². The van der Waals surface area contributed by atoms with Crippen molar-refractivity contribution < 1.29 is 19.1 Å². The van der Waals surface area contributed by atoms with Gasteiger partial charge < -0.3 is 19.7 Å². The Kier molecular flexibility index (Phi) is 8.52. The molecule has 1 N–H and O–H groups in total. The summed E-state index contributed by atoms with van der Waals surface area (Å²) >= 11 is 0. The van der Waals surface area contributed by atoms with E-state index in [4.69, 9.17) is 9.47 Å². The predicted molar refractivity (Wildman–Crippen MR) is 113 cm³/mol. The molecule has 2 rings (SSSR count). The maximum atomic E-state index is 13.2. The summed E-state index contributed by atoms with van der Waals surface area (Å²) in [6.07, 6.45) is 1.01. The minimum Gasteiger partial charge on any atom is -0.493 e. The van der Waals surface area contributed by atoms with Gasteiger partial charge in [-0.15, -0.1) is 0 Å². The SMILES string of the molecule is CCCNC(=O)C(C)N(Cc1ccccc1)C(=O)Cc1ccc(OC)c(OC)c1. The lowest BCUT2D eigenvalue weighted by Gasteiger charge is -2.29. The molecule has 0 aromatic heterocycles. The molecule has 0 fully saturated rings. The van der Waals surface area contributed by atoms with E-state index in [1.54, 1.807) is 38.2 Å². The molecule has 2 amide bonds. The Labute approximate surface area is 172 Å². The highest BCUT2D eigenvalue weighted by Crippen LogP contribution is 2.28. The van der Waals surface area contributed by atoms with Gasteiger partial charge in [0.1, 0.15) is 6.04 Å². The molecule has 2 aromatic rings. The van der Waals surface area contributed by atoms with Gasteiger partial charge in [0.15, 0.2) is 11.5 Å². The Morgan fingerprint density at radius 3 is 2.31 bits per heavy atom. The molecule has 0 spiro atoms. The van der Waals surface area contributed by atoms with E-state index in [-0.39, 0.29) is 18.2 Å². The molecule has 1 atom stereocenters. The number of nitrogens with zero attached hydrogens (tertiary/aromatic N) is 1. The van der Waals surface area contributed by atoms with Gasteiger partial charge in [-0.3, -0.25) is 9.59 Å². The third-order valence-electron chi connectivity index (χ3n) is 4.72. The first kappa shape index (κ1) is 22.3. The van der Waals surface area contributed by atoms with Crippen LogP contribution in [0.3, 0.4) is 0 Å². The Balaban J connectivity index is 2.22. The number of methoxy groups -OCH3 is 2. The zero-order valence-electron chi connectivity index (χ0n) is 17.6. The average molecular weight is 399 g/mol. The maximum Gasteiger partial charge on any atom is 0.242 e. The van der Waals surface area contributed by atoms with Crippen molar-refractivity contribution in [2.24, 2.45) is 0 Å². The third kappa shape index (κ3) is 6.24. The highest BCUT2D eigenvalue weighted by Gasteiger charge is 2.26. The number of benzene rings is 2. The summed E-state index contributed by atoms with van der Waals surface area (Å²) in [5.74, 6) is 0.905. The fraction of sp³-hybridized carbons (Fsp3) is 0.391. The standard InChI is InChI=1S/C23H30N2O4/c1-5-13-24-23(27)17(2)25(16-18-9-7-6-8-10-18)22(26)15-19-11-12-20(28-3)21(14-19)29-4/h6-12,14,17H,5,13,15-16H2,1-4H3,(H,24,27). The molecule has 0 bridgehead atoms. The van der Waals surface area contributed by atoms with Gasteiger partial charge in [-0.2, -0.15) is 0 Å². The number of carbonyl (C=O) groups is 2. The largest absolute Gasteiger partial charge is 0.493 e. The Morgan fingerprint density at radius 1 is 1.00 bits per heavy atom. The molecular weight excluding hydrogens is 368 g/mol. The van der Waals surface area contributed by atoms with Crippen LogP contribution < -0.4 is 14.8 Å². The summed E-state index contributed by atoms with van der Waals surface area (Å²) in [6, 6.07) is 14.5. The first-order valence-corrected chi connectivity index (χ1v) is 9.82. The van der Waals surface area contributed by atoms with E-state index in [9.17, 15) is 9.59 Å². The number of rotatable bonds is 10. The van der Waals surface area contributed by atoms with Gasteiger partial charge in [-0.25, -0.2) is 0 Å². The summed E-state index contributed by atoms with van der Waals surface area (Å²) in [5.41, 5.74) is 1.77. The minimum atomic E-state index is -0.575.